The highest BCUT2D eigenvalue weighted by Crippen LogP contribution is 2.34. The van der Waals surface area contributed by atoms with Crippen LogP contribution in [-0.2, 0) is 10.2 Å². The van der Waals surface area contributed by atoms with Gasteiger partial charge in [-0.1, -0.05) is 46.1 Å². The molecule has 0 unspecified atom stereocenters. The van der Waals surface area contributed by atoms with E-state index >= 15 is 0 Å². The molecule has 3 nitrogen and oxygen atoms in total. The van der Waals surface area contributed by atoms with Gasteiger partial charge in [0.2, 0.25) is 0 Å². The third kappa shape index (κ3) is 6.67. The van der Waals surface area contributed by atoms with Gasteiger partial charge in [0, 0.05) is 0 Å². The van der Waals surface area contributed by atoms with Crippen molar-refractivity contribution in [2.24, 2.45) is 0 Å². The standard InChI is InChI=1S/C18H29BrO3/c1-4-5-6-9-18(2,3)15-7-8-17(16(19)14-15)22-13-12-21-11-10-20/h7-8,14,20H,4-6,9-13H2,1-3H3. The maximum atomic E-state index is 8.64. The Balaban J connectivity index is 2.56. The largest absolute Gasteiger partial charge is 0.490 e. The SMILES string of the molecule is CCCCCC(C)(C)c1ccc(OCCOCCO)c(Br)c1. The number of benzene rings is 1. The van der Waals surface area contributed by atoms with Gasteiger partial charge in [0.15, 0.2) is 0 Å². The molecule has 126 valence electrons. The topological polar surface area (TPSA) is 38.7 Å². The van der Waals surface area contributed by atoms with Crippen LogP contribution in [0.3, 0.4) is 0 Å². The molecular formula is C18H29BrO3. The molecule has 22 heavy (non-hydrogen) atoms. The summed E-state index contributed by atoms with van der Waals surface area (Å²) in [6.07, 6.45) is 5.01. The van der Waals surface area contributed by atoms with E-state index in [-0.39, 0.29) is 12.0 Å². The van der Waals surface area contributed by atoms with E-state index in [1.165, 1.54) is 31.2 Å². The summed E-state index contributed by atoms with van der Waals surface area (Å²) in [5.41, 5.74) is 1.51. The van der Waals surface area contributed by atoms with Crippen LogP contribution >= 0.6 is 15.9 Å². The van der Waals surface area contributed by atoms with E-state index < -0.39 is 0 Å². The molecule has 0 aromatic heterocycles. The third-order valence-electron chi connectivity index (χ3n) is 3.84. The summed E-state index contributed by atoms with van der Waals surface area (Å²) in [5, 5.41) is 8.64. The quantitative estimate of drug-likeness (QED) is 0.572. The zero-order chi connectivity index (χ0) is 16.4. The summed E-state index contributed by atoms with van der Waals surface area (Å²) >= 11 is 3.60. The Hall–Kier alpha value is -0.580. The fraction of sp³-hybridized carbons (Fsp3) is 0.667. The first-order chi connectivity index (χ1) is 10.5. The van der Waals surface area contributed by atoms with Crippen molar-refractivity contribution in [1.82, 2.24) is 0 Å². The van der Waals surface area contributed by atoms with Crippen LogP contribution < -0.4 is 4.74 Å². The molecule has 0 heterocycles. The Labute approximate surface area is 143 Å². The minimum atomic E-state index is 0.0471. The predicted octanol–water partition coefficient (Wildman–Crippen LogP) is 4.69. The van der Waals surface area contributed by atoms with Crippen LogP contribution in [0.4, 0.5) is 0 Å². The Morgan fingerprint density at radius 1 is 1.14 bits per heavy atom. The number of rotatable bonds is 11. The zero-order valence-corrected chi connectivity index (χ0v) is 15.6. The minimum absolute atomic E-state index is 0.0471. The number of halogens is 1. The van der Waals surface area contributed by atoms with Crippen molar-refractivity contribution < 1.29 is 14.6 Å². The second kappa shape index (κ2) is 10.2. The first-order valence-corrected chi connectivity index (χ1v) is 8.92. The van der Waals surface area contributed by atoms with Crippen molar-refractivity contribution >= 4 is 15.9 Å². The number of unbranched alkanes of at least 4 members (excludes halogenated alkanes) is 2. The van der Waals surface area contributed by atoms with Gasteiger partial charge in [-0.2, -0.15) is 0 Å². The predicted molar refractivity (Wildman–Crippen MR) is 94.7 cm³/mol. The molecule has 0 atom stereocenters. The van der Waals surface area contributed by atoms with E-state index in [1.807, 2.05) is 6.07 Å². The van der Waals surface area contributed by atoms with Gasteiger partial charge in [-0.05, 0) is 45.5 Å². The van der Waals surface area contributed by atoms with Crippen molar-refractivity contribution in [1.29, 1.82) is 0 Å². The third-order valence-corrected chi connectivity index (χ3v) is 4.46. The molecule has 0 aliphatic carbocycles. The first kappa shape index (κ1) is 19.5. The lowest BCUT2D eigenvalue weighted by Gasteiger charge is -2.26. The molecule has 0 spiro atoms. The highest BCUT2D eigenvalue weighted by atomic mass is 79.9. The van der Waals surface area contributed by atoms with Crippen molar-refractivity contribution in [2.45, 2.75) is 51.9 Å². The van der Waals surface area contributed by atoms with E-state index in [4.69, 9.17) is 14.6 Å². The Bertz CT molecular complexity index is 432. The lowest BCUT2D eigenvalue weighted by molar-refractivity contribution is 0.0703. The van der Waals surface area contributed by atoms with Crippen LogP contribution in [-0.4, -0.2) is 31.5 Å². The average Bonchev–Trinajstić information content (AvgIpc) is 2.48. The molecule has 0 radical (unpaired) electrons. The summed E-state index contributed by atoms with van der Waals surface area (Å²) in [5.74, 6) is 0.834. The van der Waals surface area contributed by atoms with Crippen LogP contribution in [0.1, 0.15) is 52.0 Å². The second-order valence-electron chi connectivity index (χ2n) is 6.17. The van der Waals surface area contributed by atoms with Crippen molar-refractivity contribution in [3.63, 3.8) is 0 Å². The van der Waals surface area contributed by atoms with E-state index in [0.29, 0.717) is 19.8 Å². The van der Waals surface area contributed by atoms with Crippen LogP contribution in [0.25, 0.3) is 0 Å². The number of aliphatic hydroxyl groups excluding tert-OH is 1. The van der Waals surface area contributed by atoms with Gasteiger partial charge >= 0.3 is 0 Å². The monoisotopic (exact) mass is 372 g/mol. The number of hydrogen-bond acceptors (Lipinski definition) is 3. The average molecular weight is 373 g/mol. The highest BCUT2D eigenvalue weighted by Gasteiger charge is 2.21. The Morgan fingerprint density at radius 2 is 1.91 bits per heavy atom. The van der Waals surface area contributed by atoms with Gasteiger partial charge in [-0.3, -0.25) is 0 Å². The number of aliphatic hydroxyl groups is 1. The van der Waals surface area contributed by atoms with Gasteiger partial charge < -0.3 is 14.6 Å². The Kier molecular flexibility index (Phi) is 9.06. The molecule has 0 amide bonds. The molecule has 0 saturated carbocycles. The molecule has 0 saturated heterocycles. The summed E-state index contributed by atoms with van der Waals surface area (Å²) in [6, 6.07) is 6.34. The van der Waals surface area contributed by atoms with Crippen LogP contribution in [0.2, 0.25) is 0 Å². The van der Waals surface area contributed by atoms with Crippen molar-refractivity contribution in [3.8, 4) is 5.75 Å². The fourth-order valence-corrected chi connectivity index (χ4v) is 2.87. The first-order valence-electron chi connectivity index (χ1n) is 8.12. The summed E-state index contributed by atoms with van der Waals surface area (Å²) in [6.45, 7) is 8.21. The number of hydrogen-bond donors (Lipinski definition) is 1. The molecular weight excluding hydrogens is 344 g/mol. The highest BCUT2D eigenvalue weighted by molar-refractivity contribution is 9.10. The van der Waals surface area contributed by atoms with Crippen LogP contribution in [0.5, 0.6) is 5.75 Å². The summed E-state index contributed by atoms with van der Waals surface area (Å²) < 4.78 is 11.9. The van der Waals surface area contributed by atoms with Gasteiger partial charge in [-0.15, -0.1) is 0 Å². The molecule has 1 rings (SSSR count). The van der Waals surface area contributed by atoms with Crippen LogP contribution in [0.15, 0.2) is 22.7 Å². The van der Waals surface area contributed by atoms with E-state index in [0.717, 1.165) is 10.2 Å². The summed E-state index contributed by atoms with van der Waals surface area (Å²) in [7, 11) is 0. The van der Waals surface area contributed by atoms with Gasteiger partial charge in [0.25, 0.3) is 0 Å². The molecule has 0 aliphatic heterocycles. The lowest BCUT2D eigenvalue weighted by atomic mass is 9.80. The molecule has 1 N–H and O–H groups in total. The van der Waals surface area contributed by atoms with Gasteiger partial charge in [0.1, 0.15) is 12.4 Å². The summed E-state index contributed by atoms with van der Waals surface area (Å²) in [4.78, 5) is 0. The molecule has 1 aromatic carbocycles. The van der Waals surface area contributed by atoms with Crippen LogP contribution in [0, 0.1) is 0 Å². The normalized spacial score (nSPS) is 11.7. The fourth-order valence-electron chi connectivity index (χ4n) is 2.38. The zero-order valence-electron chi connectivity index (χ0n) is 14.0. The molecule has 0 fully saturated rings. The molecule has 0 aliphatic rings. The van der Waals surface area contributed by atoms with Gasteiger partial charge in [0.05, 0.1) is 24.3 Å². The smallest absolute Gasteiger partial charge is 0.133 e. The van der Waals surface area contributed by atoms with Crippen molar-refractivity contribution in [3.05, 3.63) is 28.2 Å². The van der Waals surface area contributed by atoms with Crippen molar-refractivity contribution in [2.75, 3.05) is 26.4 Å². The minimum Gasteiger partial charge on any atom is -0.490 e. The van der Waals surface area contributed by atoms with E-state index in [2.05, 4.69) is 48.8 Å². The maximum absolute atomic E-state index is 8.64. The molecule has 1 aromatic rings. The van der Waals surface area contributed by atoms with Gasteiger partial charge in [-0.25, -0.2) is 0 Å². The molecule has 0 bridgehead atoms. The van der Waals surface area contributed by atoms with E-state index in [9.17, 15) is 0 Å². The second-order valence-corrected chi connectivity index (χ2v) is 7.02. The van der Waals surface area contributed by atoms with E-state index in [1.54, 1.807) is 0 Å². The molecule has 4 heteroatoms. The number of ether oxygens (including phenoxy) is 2. The Morgan fingerprint density at radius 3 is 2.55 bits per heavy atom. The lowest BCUT2D eigenvalue weighted by Crippen LogP contribution is -2.17. The maximum Gasteiger partial charge on any atom is 0.133 e.